The van der Waals surface area contributed by atoms with Crippen LogP contribution in [0.3, 0.4) is 0 Å². The van der Waals surface area contributed by atoms with E-state index in [2.05, 4.69) is 15.6 Å². The van der Waals surface area contributed by atoms with Gasteiger partial charge in [0.2, 0.25) is 0 Å². The van der Waals surface area contributed by atoms with E-state index in [1.165, 1.54) is 12.8 Å². The fraction of sp³-hybridized carbons (Fsp3) is 0.500. The summed E-state index contributed by atoms with van der Waals surface area (Å²) < 4.78 is 11.5. The minimum atomic E-state index is -1.13. The Hall–Kier alpha value is -1.74. The number of rotatable bonds is 9. The molecule has 0 radical (unpaired) electrons. The lowest BCUT2D eigenvalue weighted by Gasteiger charge is -2.23. The van der Waals surface area contributed by atoms with Gasteiger partial charge in [-0.05, 0) is 57.7 Å². The zero-order valence-corrected chi connectivity index (χ0v) is 19.7. The molecule has 1 aliphatic rings. The number of ether oxygens (including phenoxy) is 1. The lowest BCUT2D eigenvalue weighted by molar-refractivity contribution is 0.0378. The molecule has 0 amide bonds. The summed E-state index contributed by atoms with van der Waals surface area (Å²) in [6, 6.07) is 11.7. The molecule has 0 saturated heterocycles. The monoisotopic (exact) mass is 513 g/mol. The second kappa shape index (κ2) is 10.9. The second-order valence-electron chi connectivity index (χ2n) is 7.59. The minimum Gasteiger partial charge on any atom is -0.493 e. The van der Waals surface area contributed by atoms with Crippen molar-refractivity contribution in [2.24, 2.45) is 10.9 Å². The van der Waals surface area contributed by atoms with Gasteiger partial charge in [-0.3, -0.25) is 0 Å². The predicted octanol–water partition coefficient (Wildman–Crippen LogP) is 3.96. The molecule has 1 unspecified atom stereocenters. The molecule has 0 aliphatic heterocycles. The summed E-state index contributed by atoms with van der Waals surface area (Å²) in [5.41, 5.74) is -0.0794. The Labute approximate surface area is 190 Å². The summed E-state index contributed by atoms with van der Waals surface area (Å²) >= 11 is 0. The predicted molar refractivity (Wildman–Crippen MR) is 126 cm³/mol. The van der Waals surface area contributed by atoms with E-state index in [4.69, 9.17) is 9.15 Å². The number of hydrogen-bond donors (Lipinski definition) is 3. The molecule has 1 aromatic heterocycles. The SMILES string of the molecule is CCNC(=NCc1ccccc1OCC1CC1)NCC(C)(O)c1ccc(C)o1.I. The lowest BCUT2D eigenvalue weighted by Crippen LogP contribution is -2.44. The second-order valence-corrected chi connectivity index (χ2v) is 7.59. The maximum absolute atomic E-state index is 10.7. The average molecular weight is 513 g/mol. The van der Waals surface area contributed by atoms with E-state index in [0.717, 1.165) is 30.2 Å². The van der Waals surface area contributed by atoms with Crippen LogP contribution in [0.2, 0.25) is 0 Å². The van der Waals surface area contributed by atoms with Gasteiger partial charge in [-0.2, -0.15) is 0 Å². The molecular weight excluding hydrogens is 481 g/mol. The van der Waals surface area contributed by atoms with Crippen molar-refractivity contribution in [2.75, 3.05) is 19.7 Å². The standard InChI is InChI=1S/C22H31N3O3.HI/c1-4-23-21(25-15-22(3,26)20-12-9-16(2)28-20)24-13-18-7-5-6-8-19(18)27-14-17-10-11-17;/h5-9,12,17,26H,4,10-11,13-15H2,1-3H3,(H2,23,24,25);1H. The molecule has 3 rings (SSSR count). The van der Waals surface area contributed by atoms with E-state index in [0.29, 0.717) is 24.2 Å². The van der Waals surface area contributed by atoms with Crippen LogP contribution in [-0.2, 0) is 12.1 Å². The lowest BCUT2D eigenvalue weighted by atomic mass is 10.0. The van der Waals surface area contributed by atoms with Crippen LogP contribution in [0.15, 0.2) is 45.8 Å². The van der Waals surface area contributed by atoms with Crippen LogP contribution >= 0.6 is 24.0 Å². The summed E-state index contributed by atoms with van der Waals surface area (Å²) in [6.45, 7) is 7.89. The Morgan fingerprint density at radius 2 is 2.00 bits per heavy atom. The Bertz CT molecular complexity index is 800. The molecule has 0 bridgehead atoms. The summed E-state index contributed by atoms with van der Waals surface area (Å²) in [5, 5.41) is 17.1. The van der Waals surface area contributed by atoms with Gasteiger partial charge in [0.15, 0.2) is 5.96 Å². The highest BCUT2D eigenvalue weighted by Gasteiger charge is 2.27. The van der Waals surface area contributed by atoms with Gasteiger partial charge >= 0.3 is 0 Å². The van der Waals surface area contributed by atoms with E-state index >= 15 is 0 Å². The van der Waals surface area contributed by atoms with Gasteiger partial charge in [-0.25, -0.2) is 4.99 Å². The van der Waals surface area contributed by atoms with Crippen LogP contribution in [-0.4, -0.2) is 30.8 Å². The van der Waals surface area contributed by atoms with Crippen molar-refractivity contribution in [3.63, 3.8) is 0 Å². The number of aliphatic imine (C=N–C) groups is 1. The van der Waals surface area contributed by atoms with Gasteiger partial charge in [0.05, 0.1) is 19.7 Å². The van der Waals surface area contributed by atoms with E-state index in [9.17, 15) is 5.11 Å². The molecule has 1 saturated carbocycles. The third-order valence-corrected chi connectivity index (χ3v) is 4.77. The van der Waals surface area contributed by atoms with Crippen molar-refractivity contribution < 1.29 is 14.3 Å². The largest absolute Gasteiger partial charge is 0.493 e. The first-order valence-corrected chi connectivity index (χ1v) is 10.00. The van der Waals surface area contributed by atoms with Gasteiger partial charge in [-0.15, -0.1) is 24.0 Å². The molecule has 160 valence electrons. The number of nitrogens with one attached hydrogen (secondary N) is 2. The fourth-order valence-corrected chi connectivity index (χ4v) is 2.84. The van der Waals surface area contributed by atoms with Gasteiger partial charge in [0, 0.05) is 12.1 Å². The molecule has 29 heavy (non-hydrogen) atoms. The Morgan fingerprint density at radius 1 is 1.24 bits per heavy atom. The molecule has 1 aromatic carbocycles. The van der Waals surface area contributed by atoms with Crippen molar-refractivity contribution >= 4 is 29.9 Å². The normalized spacial score (nSPS) is 15.9. The van der Waals surface area contributed by atoms with Crippen molar-refractivity contribution in [2.45, 2.75) is 45.8 Å². The topological polar surface area (TPSA) is 79.0 Å². The number of aliphatic hydroxyl groups is 1. The summed E-state index contributed by atoms with van der Waals surface area (Å²) in [6.07, 6.45) is 2.54. The van der Waals surface area contributed by atoms with Gasteiger partial charge in [0.25, 0.3) is 0 Å². The van der Waals surface area contributed by atoms with Gasteiger partial charge < -0.3 is 24.9 Å². The minimum absolute atomic E-state index is 0. The van der Waals surface area contributed by atoms with Crippen molar-refractivity contribution in [3.05, 3.63) is 53.5 Å². The quantitative estimate of drug-likeness (QED) is 0.269. The molecule has 7 heteroatoms. The Morgan fingerprint density at radius 3 is 2.66 bits per heavy atom. The summed E-state index contributed by atoms with van der Waals surface area (Å²) in [5.74, 6) is 3.56. The zero-order valence-electron chi connectivity index (χ0n) is 17.4. The molecule has 6 nitrogen and oxygen atoms in total. The van der Waals surface area contributed by atoms with Crippen LogP contribution in [0, 0.1) is 12.8 Å². The average Bonchev–Trinajstić information content (AvgIpc) is 3.41. The van der Waals surface area contributed by atoms with Crippen LogP contribution in [0.25, 0.3) is 0 Å². The number of halogens is 1. The Balaban J connectivity index is 0.00000300. The molecular formula is C22H32IN3O3. The zero-order chi connectivity index (χ0) is 20.0. The Kier molecular flexibility index (Phi) is 8.82. The molecule has 1 atom stereocenters. The number of para-hydroxylation sites is 1. The van der Waals surface area contributed by atoms with E-state index < -0.39 is 5.60 Å². The van der Waals surface area contributed by atoms with E-state index in [1.807, 2.05) is 44.2 Å². The number of furan rings is 1. The third kappa shape index (κ3) is 7.22. The highest BCUT2D eigenvalue weighted by molar-refractivity contribution is 14.0. The highest BCUT2D eigenvalue weighted by atomic mass is 127. The molecule has 1 heterocycles. The maximum atomic E-state index is 10.7. The molecule has 2 aromatic rings. The van der Waals surface area contributed by atoms with Crippen molar-refractivity contribution in [3.8, 4) is 5.75 Å². The summed E-state index contributed by atoms with van der Waals surface area (Å²) in [4.78, 5) is 4.66. The first kappa shape index (κ1) is 23.5. The molecule has 0 spiro atoms. The van der Waals surface area contributed by atoms with E-state index in [1.54, 1.807) is 13.0 Å². The smallest absolute Gasteiger partial charge is 0.191 e. The van der Waals surface area contributed by atoms with E-state index in [-0.39, 0.29) is 30.5 Å². The van der Waals surface area contributed by atoms with Crippen LogP contribution in [0.5, 0.6) is 5.75 Å². The maximum Gasteiger partial charge on any atom is 0.191 e. The molecule has 1 fully saturated rings. The van der Waals surface area contributed by atoms with Crippen molar-refractivity contribution in [1.29, 1.82) is 0 Å². The van der Waals surface area contributed by atoms with Gasteiger partial charge in [0.1, 0.15) is 22.9 Å². The van der Waals surface area contributed by atoms with Crippen molar-refractivity contribution in [1.82, 2.24) is 10.6 Å². The third-order valence-electron chi connectivity index (χ3n) is 4.77. The number of aryl methyl sites for hydroxylation is 1. The first-order chi connectivity index (χ1) is 13.5. The number of nitrogens with zero attached hydrogens (tertiary/aromatic N) is 1. The summed E-state index contributed by atoms with van der Waals surface area (Å²) in [7, 11) is 0. The van der Waals surface area contributed by atoms with Crippen LogP contribution in [0.1, 0.15) is 43.8 Å². The molecule has 3 N–H and O–H groups in total. The fourth-order valence-electron chi connectivity index (χ4n) is 2.84. The highest BCUT2D eigenvalue weighted by Crippen LogP contribution is 2.30. The number of benzene rings is 1. The van der Waals surface area contributed by atoms with Crippen LogP contribution in [0.4, 0.5) is 0 Å². The molecule has 1 aliphatic carbocycles. The first-order valence-electron chi connectivity index (χ1n) is 10.00. The van der Waals surface area contributed by atoms with Crippen LogP contribution < -0.4 is 15.4 Å². The van der Waals surface area contributed by atoms with Gasteiger partial charge in [-0.1, -0.05) is 18.2 Å². The number of hydrogen-bond acceptors (Lipinski definition) is 4. The number of guanidine groups is 1.